The summed E-state index contributed by atoms with van der Waals surface area (Å²) in [6.45, 7) is 6.97. The minimum atomic E-state index is -0.476. The van der Waals surface area contributed by atoms with E-state index in [1.807, 2.05) is 13.8 Å². The Balaban J connectivity index is 2.44. The van der Waals surface area contributed by atoms with Gasteiger partial charge in [-0.15, -0.1) is 0 Å². The zero-order valence-electron chi connectivity index (χ0n) is 12.5. The summed E-state index contributed by atoms with van der Waals surface area (Å²) in [5.74, 6) is 0.283. The molecule has 0 aliphatic heterocycles. The zero-order valence-corrected chi connectivity index (χ0v) is 12.5. The molecule has 3 nitrogen and oxygen atoms in total. The van der Waals surface area contributed by atoms with Gasteiger partial charge in [-0.2, -0.15) is 5.26 Å². The molecule has 0 heterocycles. The van der Waals surface area contributed by atoms with E-state index in [9.17, 15) is 9.65 Å². The monoisotopic (exact) mass is 278 g/mol. The summed E-state index contributed by atoms with van der Waals surface area (Å²) < 4.78 is 18.9. The minimum absolute atomic E-state index is 0.255. The Kier molecular flexibility index (Phi) is 6.47. The molecule has 0 saturated heterocycles. The number of halogens is 1. The van der Waals surface area contributed by atoms with Gasteiger partial charge < -0.3 is 4.74 Å². The highest BCUT2D eigenvalue weighted by Crippen LogP contribution is 2.19. The molecule has 1 unspecified atom stereocenters. The van der Waals surface area contributed by atoms with E-state index in [-0.39, 0.29) is 5.82 Å². The number of benzene rings is 1. The molecule has 110 valence electrons. The third kappa shape index (κ3) is 4.50. The number of ether oxygens (including phenoxy) is 1. The Morgan fingerprint density at radius 3 is 2.70 bits per heavy atom. The lowest BCUT2D eigenvalue weighted by Gasteiger charge is -2.25. The SMILES string of the molecule is CCNC(C#N)(CC)CCCOc1ccc(C)c(F)c1. The third-order valence-electron chi connectivity index (χ3n) is 3.49. The first kappa shape index (κ1) is 16.5. The number of aryl methyl sites for hydroxylation is 1. The lowest BCUT2D eigenvalue weighted by molar-refractivity contribution is 0.276. The van der Waals surface area contributed by atoms with Gasteiger partial charge in [0.1, 0.15) is 17.1 Å². The fraction of sp³-hybridized carbons (Fsp3) is 0.562. The van der Waals surface area contributed by atoms with Gasteiger partial charge in [0.25, 0.3) is 0 Å². The molecule has 4 heteroatoms. The predicted molar refractivity (Wildman–Crippen MR) is 78.2 cm³/mol. The first-order valence-electron chi connectivity index (χ1n) is 7.12. The van der Waals surface area contributed by atoms with Gasteiger partial charge in [-0.25, -0.2) is 4.39 Å². The van der Waals surface area contributed by atoms with Gasteiger partial charge in [-0.05, 0) is 44.4 Å². The second-order valence-electron chi connectivity index (χ2n) is 4.94. The molecule has 1 atom stereocenters. The number of hydrogen-bond acceptors (Lipinski definition) is 3. The molecule has 1 rings (SSSR count). The van der Waals surface area contributed by atoms with Gasteiger partial charge in [0.05, 0.1) is 12.7 Å². The van der Waals surface area contributed by atoms with Crippen LogP contribution in [-0.2, 0) is 0 Å². The Bertz CT molecular complexity index is 470. The molecular formula is C16H23FN2O. The first-order chi connectivity index (χ1) is 9.56. The third-order valence-corrected chi connectivity index (χ3v) is 3.49. The molecule has 0 amide bonds. The lowest BCUT2D eigenvalue weighted by atomic mass is 9.92. The lowest BCUT2D eigenvalue weighted by Crippen LogP contribution is -2.43. The number of rotatable bonds is 8. The number of nitrogens with one attached hydrogen (secondary N) is 1. The summed E-state index contributed by atoms with van der Waals surface area (Å²) >= 11 is 0. The highest BCUT2D eigenvalue weighted by atomic mass is 19.1. The van der Waals surface area contributed by atoms with Crippen molar-refractivity contribution in [2.24, 2.45) is 0 Å². The molecule has 0 spiro atoms. The van der Waals surface area contributed by atoms with Crippen LogP contribution in [0.15, 0.2) is 18.2 Å². The summed E-state index contributed by atoms with van der Waals surface area (Å²) in [5, 5.41) is 12.5. The predicted octanol–water partition coefficient (Wildman–Crippen LogP) is 3.58. The summed E-state index contributed by atoms with van der Waals surface area (Å²) in [5.41, 5.74) is 0.135. The van der Waals surface area contributed by atoms with Gasteiger partial charge in [0.15, 0.2) is 0 Å². The van der Waals surface area contributed by atoms with Crippen molar-refractivity contribution < 1.29 is 9.13 Å². The van der Waals surface area contributed by atoms with Gasteiger partial charge in [-0.3, -0.25) is 5.32 Å². The molecule has 1 aromatic carbocycles. The highest BCUT2D eigenvalue weighted by molar-refractivity contribution is 5.27. The maximum Gasteiger partial charge on any atom is 0.129 e. The Morgan fingerprint density at radius 2 is 2.15 bits per heavy atom. The molecule has 0 fully saturated rings. The largest absolute Gasteiger partial charge is 0.493 e. The number of nitriles is 1. The van der Waals surface area contributed by atoms with Crippen LogP contribution >= 0.6 is 0 Å². The van der Waals surface area contributed by atoms with E-state index in [1.54, 1.807) is 19.1 Å². The van der Waals surface area contributed by atoms with Crippen LogP contribution in [0.4, 0.5) is 4.39 Å². The van der Waals surface area contributed by atoms with Crippen LogP contribution in [0.1, 0.15) is 38.7 Å². The molecule has 0 bridgehead atoms. The molecule has 0 aromatic heterocycles. The first-order valence-corrected chi connectivity index (χ1v) is 7.12. The molecule has 1 aromatic rings. The fourth-order valence-corrected chi connectivity index (χ4v) is 2.13. The van der Waals surface area contributed by atoms with E-state index in [4.69, 9.17) is 4.74 Å². The van der Waals surface area contributed by atoms with Gasteiger partial charge in [-0.1, -0.05) is 19.9 Å². The van der Waals surface area contributed by atoms with Crippen molar-refractivity contribution in [1.29, 1.82) is 5.26 Å². The number of hydrogen-bond donors (Lipinski definition) is 1. The van der Waals surface area contributed by atoms with Crippen molar-refractivity contribution in [3.63, 3.8) is 0 Å². The van der Waals surface area contributed by atoms with E-state index in [2.05, 4.69) is 11.4 Å². The van der Waals surface area contributed by atoms with Crippen LogP contribution in [0.25, 0.3) is 0 Å². The van der Waals surface area contributed by atoms with E-state index in [0.717, 1.165) is 25.8 Å². The molecule has 0 aliphatic carbocycles. The smallest absolute Gasteiger partial charge is 0.129 e. The molecular weight excluding hydrogens is 255 g/mol. The van der Waals surface area contributed by atoms with Gasteiger partial charge in [0.2, 0.25) is 0 Å². The van der Waals surface area contributed by atoms with E-state index >= 15 is 0 Å². The van der Waals surface area contributed by atoms with E-state index in [0.29, 0.717) is 17.9 Å². The molecule has 0 radical (unpaired) electrons. The normalized spacial score (nSPS) is 13.6. The van der Waals surface area contributed by atoms with E-state index in [1.165, 1.54) is 6.07 Å². The summed E-state index contributed by atoms with van der Waals surface area (Å²) in [7, 11) is 0. The topological polar surface area (TPSA) is 45.0 Å². The Morgan fingerprint density at radius 1 is 1.40 bits per heavy atom. The number of nitrogens with zero attached hydrogens (tertiary/aromatic N) is 1. The summed E-state index contributed by atoms with van der Waals surface area (Å²) in [4.78, 5) is 0. The summed E-state index contributed by atoms with van der Waals surface area (Å²) in [6, 6.07) is 7.22. The average molecular weight is 278 g/mol. The van der Waals surface area contributed by atoms with Crippen LogP contribution in [0.2, 0.25) is 0 Å². The average Bonchev–Trinajstić information content (AvgIpc) is 2.46. The van der Waals surface area contributed by atoms with Crippen LogP contribution in [0.5, 0.6) is 5.75 Å². The summed E-state index contributed by atoms with van der Waals surface area (Å²) in [6.07, 6.45) is 2.24. The second-order valence-corrected chi connectivity index (χ2v) is 4.94. The maximum absolute atomic E-state index is 13.4. The van der Waals surface area contributed by atoms with Gasteiger partial charge >= 0.3 is 0 Å². The molecule has 0 saturated carbocycles. The van der Waals surface area contributed by atoms with Crippen molar-refractivity contribution in [1.82, 2.24) is 5.32 Å². The van der Waals surface area contributed by atoms with Crippen molar-refractivity contribution in [3.05, 3.63) is 29.6 Å². The van der Waals surface area contributed by atoms with Crippen LogP contribution in [0, 0.1) is 24.1 Å². The van der Waals surface area contributed by atoms with Crippen LogP contribution in [0.3, 0.4) is 0 Å². The molecule has 1 N–H and O–H groups in total. The van der Waals surface area contributed by atoms with Crippen molar-refractivity contribution >= 4 is 0 Å². The quantitative estimate of drug-likeness (QED) is 0.739. The Hall–Kier alpha value is -1.60. The van der Waals surface area contributed by atoms with Gasteiger partial charge in [0, 0.05) is 6.07 Å². The highest BCUT2D eigenvalue weighted by Gasteiger charge is 2.25. The van der Waals surface area contributed by atoms with Crippen LogP contribution < -0.4 is 10.1 Å². The van der Waals surface area contributed by atoms with Crippen molar-refractivity contribution in [2.45, 2.75) is 45.6 Å². The van der Waals surface area contributed by atoms with Crippen LogP contribution in [-0.4, -0.2) is 18.7 Å². The molecule has 0 aliphatic rings. The minimum Gasteiger partial charge on any atom is -0.493 e. The zero-order chi connectivity index (χ0) is 15.0. The van der Waals surface area contributed by atoms with Crippen molar-refractivity contribution in [3.8, 4) is 11.8 Å². The maximum atomic E-state index is 13.4. The fourth-order valence-electron chi connectivity index (χ4n) is 2.13. The van der Waals surface area contributed by atoms with E-state index < -0.39 is 5.54 Å². The molecule has 20 heavy (non-hydrogen) atoms. The standard InChI is InChI=1S/C16H23FN2O/c1-4-16(12-18,19-5-2)9-6-10-20-14-8-7-13(3)15(17)11-14/h7-8,11,19H,4-6,9-10H2,1-3H3. The Labute approximate surface area is 120 Å². The van der Waals surface area contributed by atoms with Crippen molar-refractivity contribution in [2.75, 3.05) is 13.2 Å². The second kappa shape index (κ2) is 7.86.